The quantitative estimate of drug-likeness (QED) is 0.679. The maximum absolute atomic E-state index is 12.1. The van der Waals surface area contributed by atoms with E-state index in [-0.39, 0.29) is 11.4 Å². The van der Waals surface area contributed by atoms with E-state index in [1.54, 1.807) is 18.2 Å². The Hall–Kier alpha value is -1.43. The van der Waals surface area contributed by atoms with E-state index in [1.807, 2.05) is 4.90 Å². The van der Waals surface area contributed by atoms with Crippen LogP contribution in [0.5, 0.6) is 0 Å². The average molecular weight is 331 g/mol. The molecule has 0 unspecified atom stereocenters. The first-order chi connectivity index (χ1) is 10.1. The summed E-state index contributed by atoms with van der Waals surface area (Å²) in [6, 6.07) is 5.06. The van der Waals surface area contributed by atoms with Crippen molar-refractivity contribution in [1.82, 2.24) is 4.90 Å². The summed E-state index contributed by atoms with van der Waals surface area (Å²) in [4.78, 5) is 13.9. The SMILES string of the molecule is COC(=O)/C(=C(/N)c1c(Cl)cccc1Cl)N1CCOCC1. The van der Waals surface area contributed by atoms with Crippen LogP contribution in [-0.2, 0) is 14.3 Å². The Kier molecular flexibility index (Phi) is 5.33. The average Bonchev–Trinajstić information content (AvgIpc) is 2.48. The predicted octanol–water partition coefficient (Wildman–Crippen LogP) is 2.13. The van der Waals surface area contributed by atoms with Gasteiger partial charge in [-0.25, -0.2) is 4.79 Å². The Bertz CT molecular complexity index is 549. The Labute approximate surface area is 133 Å². The number of hydrogen-bond acceptors (Lipinski definition) is 5. The van der Waals surface area contributed by atoms with Gasteiger partial charge in [0.05, 0.1) is 36.1 Å². The van der Waals surface area contributed by atoms with Crippen LogP contribution >= 0.6 is 23.2 Å². The number of carbonyl (C=O) groups excluding carboxylic acids is 1. The first-order valence-electron chi connectivity index (χ1n) is 6.41. The van der Waals surface area contributed by atoms with Crippen LogP contribution in [-0.4, -0.2) is 44.3 Å². The molecule has 0 radical (unpaired) electrons. The van der Waals surface area contributed by atoms with Crippen molar-refractivity contribution in [3.05, 3.63) is 39.5 Å². The van der Waals surface area contributed by atoms with Crippen LogP contribution in [0.2, 0.25) is 10.0 Å². The second kappa shape index (κ2) is 7.02. The minimum atomic E-state index is -0.523. The van der Waals surface area contributed by atoms with Crippen LogP contribution in [0.4, 0.5) is 0 Å². The zero-order chi connectivity index (χ0) is 15.4. The minimum Gasteiger partial charge on any atom is -0.464 e. The second-order valence-electron chi connectivity index (χ2n) is 4.45. The number of carbonyl (C=O) groups is 1. The number of morpholine rings is 1. The molecule has 0 bridgehead atoms. The lowest BCUT2D eigenvalue weighted by atomic mass is 10.1. The Balaban J connectivity index is 2.53. The summed E-state index contributed by atoms with van der Waals surface area (Å²) in [6.45, 7) is 2.13. The third-order valence-electron chi connectivity index (χ3n) is 3.19. The van der Waals surface area contributed by atoms with Crippen LogP contribution in [0, 0.1) is 0 Å². The number of halogens is 2. The molecule has 1 fully saturated rings. The predicted molar refractivity (Wildman–Crippen MR) is 82.0 cm³/mol. The van der Waals surface area contributed by atoms with E-state index < -0.39 is 5.97 Å². The molecule has 1 saturated heterocycles. The van der Waals surface area contributed by atoms with Crippen LogP contribution in [0.15, 0.2) is 23.9 Å². The van der Waals surface area contributed by atoms with Crippen molar-refractivity contribution in [3.63, 3.8) is 0 Å². The molecule has 21 heavy (non-hydrogen) atoms. The number of rotatable bonds is 3. The van der Waals surface area contributed by atoms with Crippen LogP contribution < -0.4 is 5.73 Å². The molecule has 0 spiro atoms. The minimum absolute atomic E-state index is 0.208. The van der Waals surface area contributed by atoms with Gasteiger partial charge in [-0.2, -0.15) is 0 Å². The highest BCUT2D eigenvalue weighted by atomic mass is 35.5. The van der Waals surface area contributed by atoms with Gasteiger partial charge in [0, 0.05) is 18.7 Å². The lowest BCUT2D eigenvalue weighted by Gasteiger charge is -2.30. The van der Waals surface area contributed by atoms with Crippen molar-refractivity contribution in [2.75, 3.05) is 33.4 Å². The molecule has 0 aliphatic carbocycles. The van der Waals surface area contributed by atoms with Gasteiger partial charge in [0.15, 0.2) is 0 Å². The highest BCUT2D eigenvalue weighted by Crippen LogP contribution is 2.31. The zero-order valence-electron chi connectivity index (χ0n) is 11.6. The van der Waals surface area contributed by atoms with E-state index in [1.165, 1.54) is 7.11 Å². The number of benzene rings is 1. The van der Waals surface area contributed by atoms with Gasteiger partial charge in [0.2, 0.25) is 0 Å². The maximum Gasteiger partial charge on any atom is 0.356 e. The zero-order valence-corrected chi connectivity index (χ0v) is 13.1. The lowest BCUT2D eigenvalue weighted by Crippen LogP contribution is -2.39. The smallest absolute Gasteiger partial charge is 0.356 e. The number of nitrogens with two attached hydrogens (primary N) is 1. The molecule has 7 heteroatoms. The highest BCUT2D eigenvalue weighted by molar-refractivity contribution is 6.37. The number of hydrogen-bond donors (Lipinski definition) is 1. The van der Waals surface area contributed by atoms with Crippen molar-refractivity contribution in [2.45, 2.75) is 0 Å². The number of ether oxygens (including phenoxy) is 2. The lowest BCUT2D eigenvalue weighted by molar-refractivity contribution is -0.138. The van der Waals surface area contributed by atoms with Crippen molar-refractivity contribution in [1.29, 1.82) is 0 Å². The fourth-order valence-electron chi connectivity index (χ4n) is 2.17. The third kappa shape index (κ3) is 3.43. The van der Waals surface area contributed by atoms with Crippen LogP contribution in [0.1, 0.15) is 5.56 Å². The molecule has 0 aromatic heterocycles. The van der Waals surface area contributed by atoms with E-state index in [0.29, 0.717) is 41.9 Å². The van der Waals surface area contributed by atoms with Gasteiger partial charge in [0.1, 0.15) is 5.70 Å². The summed E-state index contributed by atoms with van der Waals surface area (Å²) >= 11 is 12.3. The molecule has 1 heterocycles. The van der Waals surface area contributed by atoms with Gasteiger partial charge in [-0.15, -0.1) is 0 Å². The van der Waals surface area contributed by atoms with E-state index in [9.17, 15) is 4.79 Å². The van der Waals surface area contributed by atoms with Crippen molar-refractivity contribution in [2.24, 2.45) is 5.73 Å². The Morgan fingerprint density at radius 2 is 1.86 bits per heavy atom. The standard InChI is InChI=1S/C14H16Cl2N2O3/c1-20-14(19)13(18-5-7-21-8-6-18)12(17)11-9(15)3-2-4-10(11)16/h2-4H,5-8,17H2,1H3/b13-12-. The van der Waals surface area contributed by atoms with Crippen molar-refractivity contribution >= 4 is 34.9 Å². The molecular weight excluding hydrogens is 315 g/mol. The van der Waals surface area contributed by atoms with E-state index in [4.69, 9.17) is 38.4 Å². The Morgan fingerprint density at radius 1 is 1.29 bits per heavy atom. The first-order valence-corrected chi connectivity index (χ1v) is 7.17. The summed E-state index contributed by atoms with van der Waals surface area (Å²) in [7, 11) is 1.31. The van der Waals surface area contributed by atoms with Crippen LogP contribution in [0.25, 0.3) is 5.70 Å². The Morgan fingerprint density at radius 3 is 2.38 bits per heavy atom. The molecule has 0 saturated carbocycles. The fraction of sp³-hybridized carbons (Fsp3) is 0.357. The number of methoxy groups -OCH3 is 1. The summed E-state index contributed by atoms with van der Waals surface area (Å²) < 4.78 is 10.1. The number of esters is 1. The summed E-state index contributed by atoms with van der Waals surface area (Å²) in [5.74, 6) is -0.523. The van der Waals surface area contributed by atoms with Gasteiger partial charge in [-0.1, -0.05) is 29.3 Å². The normalized spacial score (nSPS) is 16.4. The molecule has 114 valence electrons. The van der Waals surface area contributed by atoms with Gasteiger partial charge >= 0.3 is 5.97 Å². The molecule has 0 atom stereocenters. The molecule has 1 aromatic rings. The fourth-order valence-corrected chi connectivity index (χ4v) is 2.77. The first kappa shape index (κ1) is 15.9. The second-order valence-corrected chi connectivity index (χ2v) is 5.26. The summed E-state index contributed by atoms with van der Waals surface area (Å²) in [5.41, 5.74) is 7.08. The maximum atomic E-state index is 12.1. The third-order valence-corrected chi connectivity index (χ3v) is 3.82. The number of nitrogens with zero attached hydrogens (tertiary/aromatic N) is 1. The largest absolute Gasteiger partial charge is 0.464 e. The molecule has 1 aromatic carbocycles. The van der Waals surface area contributed by atoms with E-state index >= 15 is 0 Å². The van der Waals surface area contributed by atoms with Gasteiger partial charge in [-0.05, 0) is 12.1 Å². The molecule has 2 rings (SSSR count). The molecule has 2 N–H and O–H groups in total. The molecular formula is C14H16Cl2N2O3. The van der Waals surface area contributed by atoms with E-state index in [0.717, 1.165) is 0 Å². The molecule has 5 nitrogen and oxygen atoms in total. The van der Waals surface area contributed by atoms with Gasteiger partial charge in [-0.3, -0.25) is 0 Å². The molecule has 0 amide bonds. The van der Waals surface area contributed by atoms with Crippen molar-refractivity contribution in [3.8, 4) is 0 Å². The van der Waals surface area contributed by atoms with E-state index in [2.05, 4.69) is 0 Å². The highest BCUT2D eigenvalue weighted by Gasteiger charge is 2.26. The molecule has 1 aliphatic rings. The van der Waals surface area contributed by atoms with Crippen molar-refractivity contribution < 1.29 is 14.3 Å². The van der Waals surface area contributed by atoms with Gasteiger partial charge < -0.3 is 20.1 Å². The monoisotopic (exact) mass is 330 g/mol. The van der Waals surface area contributed by atoms with Gasteiger partial charge in [0.25, 0.3) is 0 Å². The summed E-state index contributed by atoms with van der Waals surface area (Å²) in [5, 5.41) is 0.768. The molecule has 1 aliphatic heterocycles. The topological polar surface area (TPSA) is 64.8 Å². The summed E-state index contributed by atoms with van der Waals surface area (Å²) in [6.07, 6.45) is 0. The van der Waals surface area contributed by atoms with Crippen LogP contribution in [0.3, 0.4) is 0 Å².